The molecule has 2 unspecified atom stereocenters. The Morgan fingerprint density at radius 1 is 1.50 bits per heavy atom. The lowest BCUT2D eigenvalue weighted by atomic mass is 9.85. The SMILES string of the molecule is CCC1COC2(CCCN(C(=O)c3ccncc3)C2)C1. The molecule has 4 nitrogen and oxygen atoms in total. The number of hydrogen-bond donors (Lipinski definition) is 0. The molecule has 1 spiro atoms. The molecule has 0 saturated carbocycles. The lowest BCUT2D eigenvalue weighted by Gasteiger charge is -2.39. The first-order valence-corrected chi connectivity index (χ1v) is 7.56. The largest absolute Gasteiger partial charge is 0.373 e. The summed E-state index contributed by atoms with van der Waals surface area (Å²) < 4.78 is 6.09. The van der Waals surface area contributed by atoms with Crippen molar-refractivity contribution in [2.45, 2.75) is 38.2 Å². The van der Waals surface area contributed by atoms with E-state index in [1.165, 1.54) is 6.42 Å². The Hall–Kier alpha value is -1.42. The summed E-state index contributed by atoms with van der Waals surface area (Å²) in [7, 11) is 0. The van der Waals surface area contributed by atoms with Crippen LogP contribution in [-0.2, 0) is 4.74 Å². The highest BCUT2D eigenvalue weighted by molar-refractivity contribution is 5.94. The number of carbonyl (C=O) groups excluding carboxylic acids is 1. The van der Waals surface area contributed by atoms with Crippen LogP contribution >= 0.6 is 0 Å². The first-order chi connectivity index (χ1) is 9.72. The van der Waals surface area contributed by atoms with E-state index in [4.69, 9.17) is 4.74 Å². The van der Waals surface area contributed by atoms with Crippen molar-refractivity contribution < 1.29 is 9.53 Å². The molecule has 2 saturated heterocycles. The summed E-state index contributed by atoms with van der Waals surface area (Å²) in [5, 5.41) is 0. The van der Waals surface area contributed by atoms with Crippen LogP contribution in [0.2, 0.25) is 0 Å². The summed E-state index contributed by atoms with van der Waals surface area (Å²) in [6, 6.07) is 3.57. The summed E-state index contributed by atoms with van der Waals surface area (Å²) >= 11 is 0. The van der Waals surface area contributed by atoms with Gasteiger partial charge in [0, 0.05) is 31.0 Å². The topological polar surface area (TPSA) is 42.4 Å². The van der Waals surface area contributed by atoms with E-state index in [-0.39, 0.29) is 11.5 Å². The van der Waals surface area contributed by atoms with Crippen LogP contribution < -0.4 is 0 Å². The van der Waals surface area contributed by atoms with E-state index in [1.807, 2.05) is 4.90 Å². The number of ether oxygens (including phenoxy) is 1. The van der Waals surface area contributed by atoms with Gasteiger partial charge < -0.3 is 9.64 Å². The Labute approximate surface area is 120 Å². The van der Waals surface area contributed by atoms with E-state index in [9.17, 15) is 4.79 Å². The van der Waals surface area contributed by atoms with Crippen molar-refractivity contribution in [2.75, 3.05) is 19.7 Å². The van der Waals surface area contributed by atoms with Crippen LogP contribution in [0, 0.1) is 5.92 Å². The molecule has 4 heteroatoms. The molecule has 0 aliphatic carbocycles. The van der Waals surface area contributed by atoms with Gasteiger partial charge in [0.15, 0.2) is 0 Å². The normalized spacial score (nSPS) is 29.9. The molecule has 0 aromatic carbocycles. The van der Waals surface area contributed by atoms with E-state index in [0.29, 0.717) is 5.92 Å². The second kappa shape index (κ2) is 5.52. The number of rotatable bonds is 2. The van der Waals surface area contributed by atoms with Gasteiger partial charge >= 0.3 is 0 Å². The maximum atomic E-state index is 12.5. The van der Waals surface area contributed by atoms with Gasteiger partial charge in [-0.3, -0.25) is 9.78 Å². The highest BCUT2D eigenvalue weighted by atomic mass is 16.5. The number of nitrogens with zero attached hydrogens (tertiary/aromatic N) is 2. The molecule has 108 valence electrons. The molecule has 2 aliphatic heterocycles. The fraction of sp³-hybridized carbons (Fsp3) is 0.625. The molecule has 1 amide bonds. The van der Waals surface area contributed by atoms with Gasteiger partial charge in [-0.2, -0.15) is 0 Å². The summed E-state index contributed by atoms with van der Waals surface area (Å²) in [5.41, 5.74) is 0.642. The summed E-state index contributed by atoms with van der Waals surface area (Å²) in [6.45, 7) is 4.65. The molecule has 0 N–H and O–H groups in total. The summed E-state index contributed by atoms with van der Waals surface area (Å²) in [5.74, 6) is 0.765. The van der Waals surface area contributed by atoms with E-state index < -0.39 is 0 Å². The predicted molar refractivity (Wildman–Crippen MR) is 76.5 cm³/mol. The zero-order valence-electron chi connectivity index (χ0n) is 12.0. The van der Waals surface area contributed by atoms with Crippen LogP contribution in [-0.4, -0.2) is 41.1 Å². The third-order valence-corrected chi connectivity index (χ3v) is 4.62. The van der Waals surface area contributed by atoms with Gasteiger partial charge in [0.1, 0.15) is 0 Å². The number of piperidine rings is 1. The lowest BCUT2D eigenvalue weighted by molar-refractivity contribution is -0.0449. The minimum absolute atomic E-state index is 0.0817. The Bertz CT molecular complexity index is 477. The lowest BCUT2D eigenvalue weighted by Crippen LogP contribution is -2.50. The molecule has 0 radical (unpaired) electrons. The first kappa shape index (κ1) is 13.6. The van der Waals surface area contributed by atoms with Gasteiger partial charge in [0.25, 0.3) is 5.91 Å². The maximum Gasteiger partial charge on any atom is 0.254 e. The monoisotopic (exact) mass is 274 g/mol. The van der Waals surface area contributed by atoms with Crippen molar-refractivity contribution >= 4 is 5.91 Å². The fourth-order valence-electron chi connectivity index (χ4n) is 3.43. The number of aromatic nitrogens is 1. The van der Waals surface area contributed by atoms with Crippen LogP contribution in [0.15, 0.2) is 24.5 Å². The third-order valence-electron chi connectivity index (χ3n) is 4.62. The summed E-state index contributed by atoms with van der Waals surface area (Å²) in [6.07, 6.45) is 7.73. The van der Waals surface area contributed by atoms with Crippen LogP contribution in [0.3, 0.4) is 0 Å². The van der Waals surface area contributed by atoms with Crippen molar-refractivity contribution in [3.63, 3.8) is 0 Å². The zero-order valence-corrected chi connectivity index (χ0v) is 12.0. The van der Waals surface area contributed by atoms with Gasteiger partial charge in [-0.05, 0) is 37.3 Å². The second-order valence-electron chi connectivity index (χ2n) is 6.04. The zero-order chi connectivity index (χ0) is 14.0. The van der Waals surface area contributed by atoms with Crippen LogP contribution in [0.5, 0.6) is 0 Å². The molecule has 0 bridgehead atoms. The second-order valence-corrected chi connectivity index (χ2v) is 6.04. The fourth-order valence-corrected chi connectivity index (χ4v) is 3.43. The van der Waals surface area contributed by atoms with Crippen molar-refractivity contribution in [2.24, 2.45) is 5.92 Å². The van der Waals surface area contributed by atoms with Crippen molar-refractivity contribution in [3.05, 3.63) is 30.1 Å². The quantitative estimate of drug-likeness (QED) is 0.832. The van der Waals surface area contributed by atoms with Gasteiger partial charge in [-0.15, -0.1) is 0 Å². The van der Waals surface area contributed by atoms with Crippen LogP contribution in [0.4, 0.5) is 0 Å². The van der Waals surface area contributed by atoms with Gasteiger partial charge in [0.2, 0.25) is 0 Å². The van der Waals surface area contributed by atoms with Crippen molar-refractivity contribution in [3.8, 4) is 0 Å². The average Bonchev–Trinajstić information content (AvgIpc) is 2.90. The van der Waals surface area contributed by atoms with E-state index in [1.54, 1.807) is 24.5 Å². The molecule has 1 aromatic rings. The minimum atomic E-state index is -0.0817. The standard InChI is InChI=1S/C16H22N2O2/c1-2-13-10-16(20-11-13)6-3-9-18(12-16)15(19)14-4-7-17-8-5-14/h4-5,7-8,13H,2-3,6,9-12H2,1H3. The van der Waals surface area contributed by atoms with Crippen molar-refractivity contribution in [1.29, 1.82) is 0 Å². The van der Waals surface area contributed by atoms with Crippen molar-refractivity contribution in [1.82, 2.24) is 9.88 Å². The minimum Gasteiger partial charge on any atom is -0.373 e. The van der Waals surface area contributed by atoms with E-state index in [2.05, 4.69) is 11.9 Å². The smallest absolute Gasteiger partial charge is 0.254 e. The number of hydrogen-bond acceptors (Lipinski definition) is 3. The molecule has 2 atom stereocenters. The number of carbonyl (C=O) groups is 1. The highest BCUT2D eigenvalue weighted by Gasteiger charge is 2.43. The number of pyridine rings is 1. The maximum absolute atomic E-state index is 12.5. The molecule has 3 rings (SSSR count). The van der Waals surface area contributed by atoms with E-state index >= 15 is 0 Å². The Morgan fingerprint density at radius 2 is 2.30 bits per heavy atom. The van der Waals surface area contributed by atoms with Crippen LogP contribution in [0.1, 0.15) is 43.0 Å². The van der Waals surface area contributed by atoms with Gasteiger partial charge in [0.05, 0.1) is 12.2 Å². The molecule has 3 heterocycles. The Morgan fingerprint density at radius 3 is 3.00 bits per heavy atom. The van der Waals surface area contributed by atoms with Gasteiger partial charge in [-0.1, -0.05) is 13.3 Å². The first-order valence-electron chi connectivity index (χ1n) is 7.56. The van der Waals surface area contributed by atoms with Gasteiger partial charge in [-0.25, -0.2) is 0 Å². The third kappa shape index (κ3) is 2.57. The predicted octanol–water partition coefficient (Wildman–Crippen LogP) is 2.50. The Kier molecular flexibility index (Phi) is 3.74. The molecule has 2 fully saturated rings. The molecule has 2 aliphatic rings. The Balaban J connectivity index is 1.71. The van der Waals surface area contributed by atoms with Crippen LogP contribution in [0.25, 0.3) is 0 Å². The molecular formula is C16H22N2O2. The molecule has 1 aromatic heterocycles. The average molecular weight is 274 g/mol. The molecular weight excluding hydrogens is 252 g/mol. The molecule has 20 heavy (non-hydrogen) atoms. The number of amides is 1. The van der Waals surface area contributed by atoms with E-state index in [0.717, 1.165) is 44.5 Å². The number of likely N-dealkylation sites (tertiary alicyclic amines) is 1. The highest BCUT2D eigenvalue weighted by Crippen LogP contribution is 2.38. The summed E-state index contributed by atoms with van der Waals surface area (Å²) in [4.78, 5) is 18.5.